The molecular weight excluding hydrogens is 488 g/mol. The summed E-state index contributed by atoms with van der Waals surface area (Å²) in [7, 11) is -3.77. The fourth-order valence-corrected chi connectivity index (χ4v) is 4.88. The van der Waals surface area contributed by atoms with Crippen LogP contribution in [-0.2, 0) is 34.1 Å². The highest BCUT2D eigenvalue weighted by molar-refractivity contribution is 7.90. The van der Waals surface area contributed by atoms with E-state index in [0.717, 1.165) is 11.8 Å². The Kier molecular flexibility index (Phi) is 7.25. The molecule has 2 aromatic rings. The number of amides is 2. The molecule has 1 fully saturated rings. The normalized spacial score (nSPS) is 17.8. The molecule has 1 aromatic heterocycles. The second-order valence-electron chi connectivity index (χ2n) is 8.68. The number of anilines is 1. The number of sulfone groups is 1. The van der Waals surface area contributed by atoms with Crippen LogP contribution in [0.2, 0.25) is 0 Å². The van der Waals surface area contributed by atoms with Crippen molar-refractivity contribution in [3.05, 3.63) is 47.2 Å². The molecule has 2 aliphatic rings. The van der Waals surface area contributed by atoms with Gasteiger partial charge in [-0.25, -0.2) is 28.0 Å². The molecule has 0 saturated carbocycles. The first-order valence-corrected chi connectivity index (χ1v) is 13.2. The molecule has 1 saturated heterocycles. The number of carbonyl (C=O) groups excluding carboxylic acids is 1. The number of rotatable bonds is 5. The lowest BCUT2D eigenvalue weighted by atomic mass is 10.0. The van der Waals surface area contributed by atoms with Gasteiger partial charge in [-0.1, -0.05) is 30.3 Å². The number of nitrogens with zero attached hydrogens (tertiary/aromatic N) is 6. The van der Waals surface area contributed by atoms with Crippen molar-refractivity contribution in [2.45, 2.75) is 37.2 Å². The molecule has 0 radical (unpaired) electrons. The molecule has 1 N–H and O–H groups in total. The lowest BCUT2D eigenvalue weighted by Crippen LogP contribution is -2.56. The fraction of sp³-hybridized carbons (Fsp3) is 0.435. The van der Waals surface area contributed by atoms with Gasteiger partial charge in [0.15, 0.2) is 0 Å². The summed E-state index contributed by atoms with van der Waals surface area (Å²) < 4.78 is 30.0. The number of nitriles is 1. The molecule has 4 rings (SSSR count). The van der Waals surface area contributed by atoms with Crippen LogP contribution < -0.4 is 4.90 Å². The SMILES string of the molecule is CS(=O)(=O)c1nc2c(c(N3CCN(C(=O)OCc4ccccc4)C(CC#N)C3)n1)CCN(C(=O)O)C2. The van der Waals surface area contributed by atoms with Crippen LogP contribution in [0.1, 0.15) is 23.2 Å². The lowest BCUT2D eigenvalue weighted by Gasteiger charge is -2.41. The minimum Gasteiger partial charge on any atom is -0.465 e. The van der Waals surface area contributed by atoms with Crippen molar-refractivity contribution in [1.29, 1.82) is 5.26 Å². The second kappa shape index (κ2) is 10.4. The molecule has 1 unspecified atom stereocenters. The maximum absolute atomic E-state index is 12.8. The van der Waals surface area contributed by atoms with Crippen molar-refractivity contribution in [3.8, 4) is 6.07 Å². The van der Waals surface area contributed by atoms with E-state index in [1.807, 2.05) is 35.2 Å². The second-order valence-corrected chi connectivity index (χ2v) is 10.6. The molecule has 0 aliphatic carbocycles. The highest BCUT2D eigenvalue weighted by Gasteiger charge is 2.35. The monoisotopic (exact) mass is 514 g/mol. The van der Waals surface area contributed by atoms with Crippen LogP contribution in [-0.4, -0.2) is 84.0 Å². The van der Waals surface area contributed by atoms with E-state index in [9.17, 15) is 28.4 Å². The Hall–Kier alpha value is -3.92. The van der Waals surface area contributed by atoms with Gasteiger partial charge in [0.1, 0.15) is 12.4 Å². The first kappa shape index (κ1) is 25.2. The largest absolute Gasteiger partial charge is 0.465 e. The maximum atomic E-state index is 12.8. The highest BCUT2D eigenvalue weighted by atomic mass is 32.2. The topological polar surface area (TPSA) is 157 Å². The van der Waals surface area contributed by atoms with Crippen LogP contribution in [0, 0.1) is 11.3 Å². The number of fused-ring (bicyclic) bond motifs is 1. The van der Waals surface area contributed by atoms with Crippen molar-refractivity contribution in [1.82, 2.24) is 19.8 Å². The van der Waals surface area contributed by atoms with Crippen molar-refractivity contribution in [2.75, 3.05) is 37.3 Å². The summed E-state index contributed by atoms with van der Waals surface area (Å²) >= 11 is 0. The Bertz CT molecular complexity index is 1300. The van der Waals surface area contributed by atoms with Gasteiger partial charge in [-0.05, 0) is 12.0 Å². The summed E-state index contributed by atoms with van der Waals surface area (Å²) in [6.45, 7) is 1.10. The van der Waals surface area contributed by atoms with E-state index in [0.29, 0.717) is 30.0 Å². The number of carbonyl (C=O) groups is 2. The molecule has 1 atom stereocenters. The minimum atomic E-state index is -3.77. The first-order valence-electron chi connectivity index (χ1n) is 11.3. The van der Waals surface area contributed by atoms with E-state index in [-0.39, 0.29) is 44.4 Å². The summed E-state index contributed by atoms with van der Waals surface area (Å²) in [6.07, 6.45) is -0.273. The number of hydrogen-bond donors (Lipinski definition) is 1. The van der Waals surface area contributed by atoms with Gasteiger partial charge in [0.25, 0.3) is 0 Å². The standard InChI is InChI=1S/C23H26N6O6S/c1-36(33,34)21-25-19-14-28(22(30)31)10-8-18(19)20(26-21)27-11-12-29(17(13-27)7-9-24)23(32)35-15-16-5-3-2-4-6-16/h2-6,17H,7-8,10-15H2,1H3,(H,30,31). The smallest absolute Gasteiger partial charge is 0.410 e. The van der Waals surface area contributed by atoms with Gasteiger partial charge < -0.3 is 24.5 Å². The van der Waals surface area contributed by atoms with Gasteiger partial charge in [0, 0.05) is 38.0 Å². The molecule has 1 aromatic carbocycles. The number of ether oxygens (including phenoxy) is 1. The van der Waals surface area contributed by atoms with Crippen LogP contribution >= 0.6 is 0 Å². The predicted octanol–water partition coefficient (Wildman–Crippen LogP) is 1.66. The van der Waals surface area contributed by atoms with Gasteiger partial charge in [-0.3, -0.25) is 0 Å². The molecule has 12 nitrogen and oxygen atoms in total. The van der Waals surface area contributed by atoms with Crippen LogP contribution in [0.15, 0.2) is 35.5 Å². The van der Waals surface area contributed by atoms with Crippen LogP contribution in [0.5, 0.6) is 0 Å². The molecule has 0 bridgehead atoms. The quantitative estimate of drug-likeness (QED) is 0.582. The van der Waals surface area contributed by atoms with E-state index in [1.54, 1.807) is 0 Å². The van der Waals surface area contributed by atoms with Crippen LogP contribution in [0.3, 0.4) is 0 Å². The Morgan fingerprint density at radius 2 is 1.94 bits per heavy atom. The Morgan fingerprint density at radius 1 is 1.19 bits per heavy atom. The van der Waals surface area contributed by atoms with Gasteiger partial charge in [-0.15, -0.1) is 0 Å². The Labute approximate surface area is 208 Å². The van der Waals surface area contributed by atoms with E-state index in [1.165, 1.54) is 9.80 Å². The summed E-state index contributed by atoms with van der Waals surface area (Å²) in [5.41, 5.74) is 1.86. The third-order valence-corrected chi connectivity index (χ3v) is 7.02. The lowest BCUT2D eigenvalue weighted by molar-refractivity contribution is 0.0767. The van der Waals surface area contributed by atoms with Gasteiger partial charge in [0.05, 0.1) is 30.8 Å². The Morgan fingerprint density at radius 3 is 2.61 bits per heavy atom. The molecule has 3 heterocycles. The van der Waals surface area contributed by atoms with Gasteiger partial charge in [-0.2, -0.15) is 5.26 Å². The van der Waals surface area contributed by atoms with Crippen molar-refractivity contribution >= 4 is 27.8 Å². The molecule has 13 heteroatoms. The number of aromatic nitrogens is 2. The summed E-state index contributed by atoms with van der Waals surface area (Å²) in [5, 5.41) is 18.4. The number of piperazine rings is 1. The van der Waals surface area contributed by atoms with Gasteiger partial charge in [0.2, 0.25) is 15.0 Å². The zero-order valence-electron chi connectivity index (χ0n) is 19.7. The first-order chi connectivity index (χ1) is 17.2. The van der Waals surface area contributed by atoms with Gasteiger partial charge >= 0.3 is 12.2 Å². The molecule has 2 amide bonds. The molecule has 36 heavy (non-hydrogen) atoms. The number of carboxylic acid groups (broad SMARTS) is 1. The zero-order chi connectivity index (χ0) is 25.9. The third kappa shape index (κ3) is 5.49. The van der Waals surface area contributed by atoms with Crippen molar-refractivity contribution in [2.24, 2.45) is 0 Å². The highest BCUT2D eigenvalue weighted by Crippen LogP contribution is 2.30. The van der Waals surface area contributed by atoms with Crippen molar-refractivity contribution in [3.63, 3.8) is 0 Å². The van der Waals surface area contributed by atoms with Crippen LogP contribution in [0.25, 0.3) is 0 Å². The van der Waals surface area contributed by atoms with E-state index in [4.69, 9.17) is 4.74 Å². The Balaban J connectivity index is 1.58. The molecule has 2 aliphatic heterocycles. The maximum Gasteiger partial charge on any atom is 0.410 e. The van der Waals surface area contributed by atoms with E-state index < -0.39 is 28.1 Å². The summed E-state index contributed by atoms with van der Waals surface area (Å²) in [4.78, 5) is 37.3. The van der Waals surface area contributed by atoms with E-state index in [2.05, 4.69) is 16.0 Å². The predicted molar refractivity (Wildman–Crippen MR) is 127 cm³/mol. The average Bonchev–Trinajstić information content (AvgIpc) is 2.86. The number of benzene rings is 1. The number of hydrogen-bond acceptors (Lipinski definition) is 9. The zero-order valence-corrected chi connectivity index (χ0v) is 20.5. The van der Waals surface area contributed by atoms with Crippen LogP contribution in [0.4, 0.5) is 15.4 Å². The molecule has 190 valence electrons. The van der Waals surface area contributed by atoms with Crippen molar-refractivity contribution < 1.29 is 27.9 Å². The third-order valence-electron chi connectivity index (χ3n) is 6.17. The van der Waals surface area contributed by atoms with E-state index >= 15 is 0 Å². The average molecular weight is 515 g/mol. The molecular formula is C23H26N6O6S. The minimum absolute atomic E-state index is 0.0455. The molecule has 0 spiro atoms. The summed E-state index contributed by atoms with van der Waals surface area (Å²) in [6, 6.07) is 10.9. The fourth-order valence-electron chi connectivity index (χ4n) is 4.35. The summed E-state index contributed by atoms with van der Waals surface area (Å²) in [5.74, 6) is 0.394.